The van der Waals surface area contributed by atoms with Gasteiger partial charge in [0.15, 0.2) is 5.69 Å². The molecule has 7 heteroatoms. The molecule has 0 saturated carbocycles. The van der Waals surface area contributed by atoms with Crippen LogP contribution in [0.4, 0.5) is 11.6 Å². The highest BCUT2D eigenvalue weighted by molar-refractivity contribution is 6.34. The van der Waals surface area contributed by atoms with Crippen LogP contribution in [0.15, 0.2) is 36.7 Å². The number of aromatic nitrogens is 3. The standard InChI is InChI=1S/C23H28ClN5O/c1-15(2)12-16(3)29(18-6-7-20-17(13-18)8-9-25-20)22(30)21-19(24)14-26-23(27-21)28-10-4-5-11-28/h6-9,13-16,25H,4-5,10-12H2,1-3H3/t16-/m0/s1. The molecular weight excluding hydrogens is 398 g/mol. The van der Waals surface area contributed by atoms with Gasteiger partial charge in [0, 0.05) is 41.9 Å². The molecule has 6 nitrogen and oxygen atoms in total. The molecule has 1 fully saturated rings. The molecule has 0 unspecified atom stereocenters. The number of nitrogens with zero attached hydrogens (tertiary/aromatic N) is 4. The van der Waals surface area contributed by atoms with E-state index in [2.05, 4.69) is 40.6 Å². The summed E-state index contributed by atoms with van der Waals surface area (Å²) < 4.78 is 0. The van der Waals surface area contributed by atoms with E-state index in [0.29, 0.717) is 11.9 Å². The number of aromatic amines is 1. The van der Waals surface area contributed by atoms with Gasteiger partial charge in [0.25, 0.3) is 5.91 Å². The van der Waals surface area contributed by atoms with Gasteiger partial charge in [-0.2, -0.15) is 0 Å². The Labute approximate surface area is 182 Å². The van der Waals surface area contributed by atoms with Gasteiger partial charge in [-0.25, -0.2) is 9.97 Å². The first-order valence-corrected chi connectivity index (χ1v) is 11.0. The highest BCUT2D eigenvalue weighted by Crippen LogP contribution is 2.29. The number of hydrogen-bond donors (Lipinski definition) is 1. The van der Waals surface area contributed by atoms with Crippen molar-refractivity contribution in [2.24, 2.45) is 5.92 Å². The van der Waals surface area contributed by atoms with Crippen LogP contribution in [0, 0.1) is 5.92 Å². The zero-order valence-corrected chi connectivity index (χ0v) is 18.5. The second-order valence-corrected chi connectivity index (χ2v) is 8.87. The lowest BCUT2D eigenvalue weighted by atomic mass is 10.0. The number of nitrogens with one attached hydrogen (secondary N) is 1. The fourth-order valence-corrected chi connectivity index (χ4v) is 4.41. The quantitative estimate of drug-likeness (QED) is 0.582. The van der Waals surface area contributed by atoms with Crippen molar-refractivity contribution >= 4 is 40.0 Å². The Morgan fingerprint density at radius 1 is 1.23 bits per heavy atom. The van der Waals surface area contributed by atoms with Crippen molar-refractivity contribution in [3.05, 3.63) is 47.4 Å². The van der Waals surface area contributed by atoms with Gasteiger partial charge in [0.2, 0.25) is 5.95 Å². The minimum atomic E-state index is -0.189. The predicted octanol–water partition coefficient (Wildman–Crippen LogP) is 5.29. The Kier molecular flexibility index (Phi) is 5.95. The average Bonchev–Trinajstić information content (AvgIpc) is 3.39. The molecule has 1 saturated heterocycles. The third-order valence-electron chi connectivity index (χ3n) is 5.61. The number of H-pyrrole nitrogens is 1. The zero-order valence-electron chi connectivity index (χ0n) is 17.7. The fraction of sp³-hybridized carbons (Fsp3) is 0.435. The van der Waals surface area contributed by atoms with Crippen LogP contribution in [0.25, 0.3) is 10.9 Å². The van der Waals surface area contributed by atoms with Crippen molar-refractivity contribution in [1.29, 1.82) is 0 Å². The molecule has 30 heavy (non-hydrogen) atoms. The van der Waals surface area contributed by atoms with Gasteiger partial charge in [0.1, 0.15) is 0 Å². The van der Waals surface area contributed by atoms with Crippen LogP contribution in [0.3, 0.4) is 0 Å². The first-order chi connectivity index (χ1) is 14.4. The molecule has 2 aromatic heterocycles. The third kappa shape index (κ3) is 4.15. The normalized spacial score (nSPS) is 15.2. The number of anilines is 2. The number of halogens is 1. The van der Waals surface area contributed by atoms with E-state index in [-0.39, 0.29) is 22.7 Å². The van der Waals surface area contributed by atoms with Gasteiger partial charge in [-0.15, -0.1) is 0 Å². The summed E-state index contributed by atoms with van der Waals surface area (Å²) in [6.45, 7) is 8.23. The number of hydrogen-bond acceptors (Lipinski definition) is 4. The number of carbonyl (C=O) groups is 1. The number of rotatable bonds is 6. The Balaban J connectivity index is 1.74. The average molecular weight is 426 g/mol. The third-order valence-corrected chi connectivity index (χ3v) is 5.89. The van der Waals surface area contributed by atoms with Crippen LogP contribution in [-0.2, 0) is 0 Å². The summed E-state index contributed by atoms with van der Waals surface area (Å²) in [7, 11) is 0. The molecule has 1 aliphatic heterocycles. The molecule has 0 aliphatic carbocycles. The van der Waals surface area contributed by atoms with Crippen molar-refractivity contribution in [3.63, 3.8) is 0 Å². The Morgan fingerprint density at radius 3 is 2.73 bits per heavy atom. The van der Waals surface area contributed by atoms with E-state index in [1.54, 1.807) is 6.20 Å². The van der Waals surface area contributed by atoms with Crippen LogP contribution in [-0.4, -0.2) is 40.0 Å². The molecule has 1 aliphatic rings. The molecule has 3 aromatic rings. The van der Waals surface area contributed by atoms with E-state index in [0.717, 1.165) is 48.9 Å². The topological polar surface area (TPSA) is 65.1 Å². The summed E-state index contributed by atoms with van der Waals surface area (Å²) in [4.78, 5) is 29.9. The number of amides is 1. The molecule has 158 valence electrons. The van der Waals surface area contributed by atoms with Crippen molar-refractivity contribution in [3.8, 4) is 0 Å². The summed E-state index contributed by atoms with van der Waals surface area (Å²) in [5, 5.41) is 1.35. The molecule has 0 bridgehead atoms. The van der Waals surface area contributed by atoms with Gasteiger partial charge in [-0.3, -0.25) is 4.79 Å². The zero-order chi connectivity index (χ0) is 21.3. The van der Waals surface area contributed by atoms with E-state index < -0.39 is 0 Å². The van der Waals surface area contributed by atoms with Gasteiger partial charge in [-0.1, -0.05) is 25.4 Å². The van der Waals surface area contributed by atoms with E-state index in [1.165, 1.54) is 0 Å². The van der Waals surface area contributed by atoms with Crippen LogP contribution >= 0.6 is 11.6 Å². The monoisotopic (exact) mass is 425 g/mol. The summed E-state index contributed by atoms with van der Waals surface area (Å²) >= 11 is 6.42. The molecule has 1 N–H and O–H groups in total. The predicted molar refractivity (Wildman–Crippen MR) is 123 cm³/mol. The lowest BCUT2D eigenvalue weighted by Crippen LogP contribution is -2.40. The minimum absolute atomic E-state index is 0.00448. The van der Waals surface area contributed by atoms with E-state index >= 15 is 0 Å². The van der Waals surface area contributed by atoms with E-state index in [1.807, 2.05) is 35.4 Å². The van der Waals surface area contributed by atoms with Gasteiger partial charge >= 0.3 is 0 Å². The maximum absolute atomic E-state index is 13.8. The maximum atomic E-state index is 13.8. The number of benzene rings is 1. The molecule has 4 rings (SSSR count). The highest BCUT2D eigenvalue weighted by atomic mass is 35.5. The molecular formula is C23H28ClN5O. The number of carbonyl (C=O) groups excluding carboxylic acids is 1. The minimum Gasteiger partial charge on any atom is -0.361 e. The second kappa shape index (κ2) is 8.64. The Hall–Kier alpha value is -2.60. The summed E-state index contributed by atoms with van der Waals surface area (Å²) in [5.41, 5.74) is 2.15. The van der Waals surface area contributed by atoms with Crippen LogP contribution < -0.4 is 9.80 Å². The van der Waals surface area contributed by atoms with Gasteiger partial charge < -0.3 is 14.8 Å². The summed E-state index contributed by atoms with van der Waals surface area (Å²) in [5.74, 6) is 0.844. The molecule has 1 amide bonds. The second-order valence-electron chi connectivity index (χ2n) is 8.46. The molecule has 0 spiro atoms. The molecule has 1 aromatic carbocycles. The highest BCUT2D eigenvalue weighted by Gasteiger charge is 2.28. The van der Waals surface area contributed by atoms with Crippen LogP contribution in [0.1, 0.15) is 50.5 Å². The van der Waals surface area contributed by atoms with E-state index in [9.17, 15) is 4.79 Å². The van der Waals surface area contributed by atoms with Crippen molar-refractivity contribution in [1.82, 2.24) is 15.0 Å². The maximum Gasteiger partial charge on any atom is 0.278 e. The van der Waals surface area contributed by atoms with Crippen molar-refractivity contribution in [2.45, 2.75) is 46.1 Å². The largest absolute Gasteiger partial charge is 0.361 e. The number of fused-ring (bicyclic) bond motifs is 1. The van der Waals surface area contributed by atoms with Gasteiger partial charge in [-0.05, 0) is 56.4 Å². The lowest BCUT2D eigenvalue weighted by molar-refractivity contribution is 0.0971. The molecule has 3 heterocycles. The molecule has 1 atom stereocenters. The SMILES string of the molecule is CC(C)C[C@H](C)N(C(=O)c1nc(N2CCCC2)ncc1Cl)c1ccc2[nH]ccc2c1. The van der Waals surface area contributed by atoms with Crippen LogP contribution in [0.2, 0.25) is 5.02 Å². The van der Waals surface area contributed by atoms with Crippen molar-refractivity contribution in [2.75, 3.05) is 22.9 Å². The Bertz CT molecular complexity index is 1040. The fourth-order valence-electron chi connectivity index (χ4n) is 4.24. The first-order valence-electron chi connectivity index (χ1n) is 10.6. The van der Waals surface area contributed by atoms with E-state index in [4.69, 9.17) is 11.6 Å². The summed E-state index contributed by atoms with van der Waals surface area (Å²) in [6, 6.07) is 8.03. The smallest absolute Gasteiger partial charge is 0.278 e. The summed E-state index contributed by atoms with van der Waals surface area (Å²) in [6.07, 6.45) is 6.56. The molecule has 0 radical (unpaired) electrons. The van der Waals surface area contributed by atoms with Gasteiger partial charge in [0.05, 0.1) is 11.2 Å². The lowest BCUT2D eigenvalue weighted by Gasteiger charge is -2.31. The first kappa shape index (κ1) is 20.7. The Morgan fingerprint density at radius 2 is 2.00 bits per heavy atom. The van der Waals surface area contributed by atoms with Crippen LogP contribution in [0.5, 0.6) is 0 Å². The van der Waals surface area contributed by atoms with Crippen molar-refractivity contribution < 1.29 is 4.79 Å².